The second-order valence-corrected chi connectivity index (χ2v) is 15.5. The summed E-state index contributed by atoms with van der Waals surface area (Å²) >= 11 is 0. The van der Waals surface area contributed by atoms with Crippen LogP contribution in [0.5, 0.6) is 0 Å². The molecule has 53 heavy (non-hydrogen) atoms. The molecular formula is C35H44O18. The molecule has 5 aliphatic rings. The molecular weight excluding hydrogens is 708 g/mol. The van der Waals surface area contributed by atoms with Gasteiger partial charge >= 0.3 is 35.8 Å². The molecule has 5 fully saturated rings. The van der Waals surface area contributed by atoms with E-state index in [0.29, 0.717) is 0 Å². The summed E-state index contributed by atoms with van der Waals surface area (Å²) in [6.07, 6.45) is -10.5. The Morgan fingerprint density at radius 2 is 1.49 bits per heavy atom. The van der Waals surface area contributed by atoms with Crippen LogP contribution in [0.2, 0.25) is 0 Å². The average molecular weight is 753 g/mol. The molecule has 18 heteroatoms. The maximum absolute atomic E-state index is 13.9. The first-order chi connectivity index (χ1) is 24.5. The normalized spacial score (nSPS) is 46.3. The summed E-state index contributed by atoms with van der Waals surface area (Å²) in [5, 5.41) is 67.0. The standard InChI is InChI=1S/C35H44O18/c1-15(36)49-14-31-20(10-22(40)47-7)29(5)13-32(31,43)34(45,27(29)51-17(3)38)28(52-18(4)39)33(44)21-11-23(41)53-25(19-8-9-48-12-19)30(21,6)24(42)26(35(31,33)46)50-16(2)37/h8-9,12,20-21,24-28,42-46H,10-11,13-14H2,1-7H3/t20-,21+,24-,25-,26+,27-,28-,29+,30-,31+,32+,33+,34-,35-/m0/s1. The fourth-order valence-electron chi connectivity index (χ4n) is 11.5. The highest BCUT2D eigenvalue weighted by Gasteiger charge is 3.01. The fourth-order valence-corrected chi connectivity index (χ4v) is 11.5. The zero-order valence-corrected chi connectivity index (χ0v) is 30.1. The highest BCUT2D eigenvalue weighted by atomic mass is 16.6. The van der Waals surface area contributed by atoms with Crippen molar-refractivity contribution >= 4 is 35.8 Å². The minimum atomic E-state index is -3.41. The van der Waals surface area contributed by atoms with Gasteiger partial charge in [-0.1, -0.05) is 13.8 Å². The summed E-state index contributed by atoms with van der Waals surface area (Å²) in [4.78, 5) is 78.6. The van der Waals surface area contributed by atoms with Crippen LogP contribution in [0.25, 0.3) is 0 Å². The summed E-state index contributed by atoms with van der Waals surface area (Å²) in [7, 11) is 1.04. The molecule has 5 N–H and O–H groups in total. The van der Waals surface area contributed by atoms with E-state index in [0.717, 1.165) is 34.8 Å². The molecule has 1 aromatic rings. The number of carbonyl (C=O) groups excluding carboxylic acids is 6. The van der Waals surface area contributed by atoms with Crippen LogP contribution in [0, 0.1) is 28.1 Å². The number of aliphatic hydroxyl groups excluding tert-OH is 1. The summed E-state index contributed by atoms with van der Waals surface area (Å²) in [6.45, 7) is 5.35. The Hall–Kier alpha value is -4.10. The lowest BCUT2D eigenvalue weighted by Crippen LogP contribution is -2.98. The smallest absolute Gasteiger partial charge is 0.306 e. The van der Waals surface area contributed by atoms with E-state index < -0.39 is 143 Å². The van der Waals surface area contributed by atoms with Crippen LogP contribution < -0.4 is 0 Å². The second-order valence-electron chi connectivity index (χ2n) is 15.5. The van der Waals surface area contributed by atoms with Crippen LogP contribution in [0.1, 0.15) is 72.5 Å². The van der Waals surface area contributed by atoms with E-state index in [2.05, 4.69) is 0 Å². The van der Waals surface area contributed by atoms with Crippen LogP contribution in [-0.4, -0.2) is 122 Å². The van der Waals surface area contributed by atoms with Crippen molar-refractivity contribution in [3.05, 3.63) is 24.2 Å². The van der Waals surface area contributed by atoms with Gasteiger partial charge in [-0.05, 0) is 18.4 Å². The SMILES string of the molecule is COC(=O)C[C@H]1[C@@]2(C)C[C@]3(O)[C@@](O)([C@@H](OC(C)=O)[C@]4(O)[C@@H]5CC(=O)O[C@@H](c6ccoc6)[C@]5(C)[C@@H](O)[C@@H](OC(C)=O)[C@]4(O)[C@]13COC(C)=O)[C@H]2OC(C)=O. The lowest BCUT2D eigenvalue weighted by Gasteiger charge is -2.78. The number of esters is 6. The van der Waals surface area contributed by atoms with Gasteiger partial charge in [0.15, 0.2) is 17.8 Å². The number of carbonyl (C=O) groups is 6. The lowest BCUT2D eigenvalue weighted by molar-refractivity contribution is -0.468. The average Bonchev–Trinajstić information content (AvgIpc) is 3.71. The van der Waals surface area contributed by atoms with Gasteiger partial charge in [-0.25, -0.2) is 0 Å². The Morgan fingerprint density at radius 1 is 0.887 bits per heavy atom. The Labute approximate surface area is 302 Å². The van der Waals surface area contributed by atoms with E-state index in [-0.39, 0.29) is 5.56 Å². The van der Waals surface area contributed by atoms with Crippen molar-refractivity contribution in [2.45, 2.75) is 114 Å². The lowest BCUT2D eigenvalue weighted by atomic mass is 9.32. The van der Waals surface area contributed by atoms with Gasteiger partial charge in [0.25, 0.3) is 0 Å². The van der Waals surface area contributed by atoms with E-state index in [1.165, 1.54) is 32.4 Å². The Kier molecular flexibility index (Phi) is 8.71. The fraction of sp³-hybridized carbons (Fsp3) is 0.714. The number of methoxy groups -OCH3 is 1. The van der Waals surface area contributed by atoms with E-state index in [4.69, 9.17) is 32.8 Å². The molecule has 0 amide bonds. The number of hydrogen-bond donors (Lipinski definition) is 5. The van der Waals surface area contributed by atoms with Crippen molar-refractivity contribution in [1.29, 1.82) is 0 Å². The van der Waals surface area contributed by atoms with Gasteiger partial charge in [-0.2, -0.15) is 0 Å². The Balaban J connectivity index is 1.82. The van der Waals surface area contributed by atoms with Crippen LogP contribution in [0.15, 0.2) is 23.0 Å². The molecule has 0 unspecified atom stereocenters. The summed E-state index contributed by atoms with van der Waals surface area (Å²) in [5.74, 6) is -9.83. The summed E-state index contributed by atoms with van der Waals surface area (Å²) < 4.78 is 38.7. The van der Waals surface area contributed by atoms with E-state index >= 15 is 0 Å². The maximum Gasteiger partial charge on any atom is 0.306 e. The van der Waals surface area contributed by atoms with Gasteiger partial charge in [0.05, 0.1) is 31.5 Å². The van der Waals surface area contributed by atoms with Crippen LogP contribution >= 0.6 is 0 Å². The summed E-state index contributed by atoms with van der Waals surface area (Å²) in [6, 6.07) is 1.39. The van der Waals surface area contributed by atoms with Gasteiger partial charge in [0.2, 0.25) is 0 Å². The minimum Gasteiger partial charge on any atom is -0.472 e. The minimum absolute atomic E-state index is 0.142. The van der Waals surface area contributed by atoms with Crippen LogP contribution in [0.3, 0.4) is 0 Å². The monoisotopic (exact) mass is 752 g/mol. The van der Waals surface area contributed by atoms with Crippen molar-refractivity contribution in [2.75, 3.05) is 13.7 Å². The number of fused-ring (bicyclic) bond motifs is 5. The van der Waals surface area contributed by atoms with E-state index in [9.17, 15) is 54.3 Å². The van der Waals surface area contributed by atoms with Crippen LogP contribution in [0.4, 0.5) is 0 Å². The number of hydrogen-bond acceptors (Lipinski definition) is 18. The number of furan rings is 1. The molecule has 4 aliphatic carbocycles. The molecule has 18 nitrogen and oxygen atoms in total. The largest absolute Gasteiger partial charge is 0.472 e. The van der Waals surface area contributed by atoms with Gasteiger partial charge < -0.3 is 58.4 Å². The highest BCUT2D eigenvalue weighted by Crippen LogP contribution is 2.83. The molecule has 1 aromatic heterocycles. The van der Waals surface area contributed by atoms with Gasteiger partial charge in [-0.3, -0.25) is 28.8 Å². The van der Waals surface area contributed by atoms with Crippen molar-refractivity contribution in [2.24, 2.45) is 28.1 Å². The molecule has 1 aliphatic heterocycles. The number of aliphatic hydroxyl groups is 5. The van der Waals surface area contributed by atoms with Crippen molar-refractivity contribution < 1.29 is 87.1 Å². The van der Waals surface area contributed by atoms with Crippen LogP contribution in [-0.2, 0) is 57.2 Å². The zero-order chi connectivity index (χ0) is 39.5. The number of cyclic esters (lactones) is 1. The van der Waals surface area contributed by atoms with Gasteiger partial charge in [0, 0.05) is 56.4 Å². The predicted octanol–water partition coefficient (Wildman–Crippen LogP) is -0.850. The third kappa shape index (κ3) is 4.43. The van der Waals surface area contributed by atoms with E-state index in [1.54, 1.807) is 0 Å². The predicted molar refractivity (Wildman–Crippen MR) is 168 cm³/mol. The molecule has 14 atom stereocenters. The first-order valence-electron chi connectivity index (χ1n) is 17.0. The first kappa shape index (κ1) is 38.6. The third-order valence-electron chi connectivity index (χ3n) is 13.1. The molecule has 2 heterocycles. The third-order valence-corrected chi connectivity index (χ3v) is 13.1. The molecule has 0 radical (unpaired) electrons. The van der Waals surface area contributed by atoms with Crippen molar-refractivity contribution in [3.63, 3.8) is 0 Å². The molecule has 2 bridgehead atoms. The molecule has 1 saturated heterocycles. The topological polar surface area (TPSA) is 272 Å². The summed E-state index contributed by atoms with van der Waals surface area (Å²) in [5.41, 5.74) is -19.4. The molecule has 6 rings (SSSR count). The number of rotatable bonds is 8. The van der Waals surface area contributed by atoms with Gasteiger partial charge in [-0.15, -0.1) is 0 Å². The Morgan fingerprint density at radius 3 is 2.02 bits per heavy atom. The quantitative estimate of drug-likeness (QED) is 0.160. The molecule has 0 aromatic carbocycles. The van der Waals surface area contributed by atoms with Gasteiger partial charge in [0.1, 0.15) is 41.7 Å². The first-order valence-corrected chi connectivity index (χ1v) is 17.0. The Bertz CT molecular complexity index is 1740. The van der Waals surface area contributed by atoms with Crippen molar-refractivity contribution in [3.8, 4) is 0 Å². The maximum atomic E-state index is 13.9. The molecule has 292 valence electrons. The number of ether oxygens (including phenoxy) is 6. The van der Waals surface area contributed by atoms with Crippen molar-refractivity contribution in [1.82, 2.24) is 0 Å². The zero-order valence-electron chi connectivity index (χ0n) is 30.1. The van der Waals surface area contributed by atoms with E-state index in [1.807, 2.05) is 0 Å². The molecule has 0 spiro atoms. The molecule has 4 saturated carbocycles. The highest BCUT2D eigenvalue weighted by molar-refractivity contribution is 5.75. The second kappa shape index (κ2) is 11.9.